The van der Waals surface area contributed by atoms with E-state index < -0.39 is 5.60 Å². The number of benzene rings is 4. The molecule has 0 aliphatic rings. The molecule has 0 saturated carbocycles. The maximum atomic E-state index is 7.14. The van der Waals surface area contributed by atoms with Crippen molar-refractivity contribution in [3.8, 4) is 28.3 Å². The minimum Gasteiger partial charge on any atom is -0.473 e. The summed E-state index contributed by atoms with van der Waals surface area (Å²) in [5, 5.41) is 5.42. The molecule has 0 amide bonds. The molecular formula is C34H27ClN4O. The van der Waals surface area contributed by atoms with E-state index in [9.17, 15) is 0 Å². The zero-order chi connectivity index (χ0) is 27.4. The second-order valence-electron chi connectivity index (χ2n) is 9.40. The Morgan fingerprint density at radius 2 is 1.38 bits per heavy atom. The van der Waals surface area contributed by atoms with Gasteiger partial charge >= 0.3 is 0 Å². The summed E-state index contributed by atoms with van der Waals surface area (Å²) in [5.74, 6) is 0.624. The highest BCUT2D eigenvalue weighted by Gasteiger charge is 2.39. The minimum absolute atomic E-state index is 0.551. The summed E-state index contributed by atoms with van der Waals surface area (Å²) in [7, 11) is 0. The molecule has 0 aliphatic carbocycles. The van der Waals surface area contributed by atoms with Gasteiger partial charge in [-0.15, -0.1) is 0 Å². The molecule has 0 spiro atoms. The van der Waals surface area contributed by atoms with Crippen LogP contribution in [0.5, 0.6) is 5.75 Å². The highest BCUT2D eigenvalue weighted by molar-refractivity contribution is 6.31. The molecule has 0 unspecified atom stereocenters. The topological polar surface area (TPSA) is 52.8 Å². The first kappa shape index (κ1) is 25.5. The van der Waals surface area contributed by atoms with E-state index in [-0.39, 0.29) is 0 Å². The third kappa shape index (κ3) is 4.88. The van der Waals surface area contributed by atoms with E-state index in [4.69, 9.17) is 21.4 Å². The average molecular weight is 543 g/mol. The number of hydrogen-bond acceptors (Lipinski definition) is 4. The van der Waals surface area contributed by atoms with Gasteiger partial charge in [-0.3, -0.25) is 4.68 Å². The molecule has 0 N–H and O–H groups in total. The molecule has 0 saturated heterocycles. The van der Waals surface area contributed by atoms with Crippen molar-refractivity contribution in [2.75, 3.05) is 0 Å². The smallest absolute Gasteiger partial charge is 0.184 e. The van der Waals surface area contributed by atoms with Gasteiger partial charge in [0.25, 0.3) is 0 Å². The van der Waals surface area contributed by atoms with Crippen LogP contribution < -0.4 is 4.74 Å². The van der Waals surface area contributed by atoms with Crippen molar-refractivity contribution in [1.82, 2.24) is 19.7 Å². The summed E-state index contributed by atoms with van der Waals surface area (Å²) in [4.78, 5) is 8.55. The van der Waals surface area contributed by atoms with Crippen LogP contribution in [0, 0.1) is 0 Å². The number of rotatable bonds is 8. The first-order valence-electron chi connectivity index (χ1n) is 13.2. The van der Waals surface area contributed by atoms with Crippen molar-refractivity contribution >= 4 is 11.6 Å². The van der Waals surface area contributed by atoms with E-state index in [0.29, 0.717) is 10.8 Å². The maximum Gasteiger partial charge on any atom is 0.184 e. The Labute approximate surface area is 238 Å². The number of halogens is 1. The molecule has 2 heterocycles. The second kappa shape index (κ2) is 11.2. The first-order valence-corrected chi connectivity index (χ1v) is 13.6. The van der Waals surface area contributed by atoms with Gasteiger partial charge in [0.15, 0.2) is 5.60 Å². The Morgan fingerprint density at radius 3 is 1.90 bits per heavy atom. The van der Waals surface area contributed by atoms with Crippen molar-refractivity contribution < 1.29 is 4.74 Å². The summed E-state index contributed by atoms with van der Waals surface area (Å²) in [6.45, 7) is 2.78. The molecule has 4 aromatic carbocycles. The lowest BCUT2D eigenvalue weighted by Gasteiger charge is -2.36. The van der Waals surface area contributed by atoms with Crippen LogP contribution in [-0.4, -0.2) is 19.7 Å². The van der Waals surface area contributed by atoms with Gasteiger partial charge in [0, 0.05) is 51.8 Å². The van der Waals surface area contributed by atoms with E-state index in [2.05, 4.69) is 53.3 Å². The van der Waals surface area contributed by atoms with Gasteiger partial charge in [-0.25, -0.2) is 9.97 Å². The SMILES string of the molecule is CCn1cc(-c2ccncn2)c(-c2cc(Cl)cc(OC(c3ccccc3)(c3ccccc3)c3ccccc3)c2)n1. The van der Waals surface area contributed by atoms with Crippen LogP contribution in [0.3, 0.4) is 0 Å². The summed E-state index contributed by atoms with van der Waals surface area (Å²) >= 11 is 6.77. The van der Waals surface area contributed by atoms with Crippen LogP contribution in [0.1, 0.15) is 23.6 Å². The number of nitrogens with zero attached hydrogens (tertiary/aromatic N) is 4. The van der Waals surface area contributed by atoms with Gasteiger partial charge in [-0.2, -0.15) is 5.10 Å². The van der Waals surface area contributed by atoms with Crippen LogP contribution in [0.4, 0.5) is 0 Å². The lowest BCUT2D eigenvalue weighted by atomic mass is 9.80. The van der Waals surface area contributed by atoms with Gasteiger partial charge in [0.05, 0.1) is 5.69 Å². The molecule has 6 heteroatoms. The van der Waals surface area contributed by atoms with Gasteiger partial charge in [0.1, 0.15) is 17.8 Å². The maximum absolute atomic E-state index is 7.14. The Kier molecular flexibility index (Phi) is 7.13. The molecule has 0 radical (unpaired) electrons. The van der Waals surface area contributed by atoms with Crippen LogP contribution >= 0.6 is 11.6 Å². The highest BCUT2D eigenvalue weighted by Crippen LogP contribution is 2.43. The van der Waals surface area contributed by atoms with Crippen LogP contribution in [0.25, 0.3) is 22.5 Å². The molecule has 0 fully saturated rings. The Hall–Kier alpha value is -4.74. The highest BCUT2D eigenvalue weighted by atomic mass is 35.5. The van der Waals surface area contributed by atoms with Crippen molar-refractivity contribution in [2.45, 2.75) is 19.1 Å². The van der Waals surface area contributed by atoms with Crippen molar-refractivity contribution in [3.63, 3.8) is 0 Å². The Morgan fingerprint density at radius 1 is 0.775 bits per heavy atom. The molecule has 40 heavy (non-hydrogen) atoms. The summed E-state index contributed by atoms with van der Waals surface area (Å²) in [6, 6.07) is 38.5. The van der Waals surface area contributed by atoms with Crippen LogP contribution in [0.15, 0.2) is 134 Å². The van der Waals surface area contributed by atoms with Crippen molar-refractivity contribution in [2.24, 2.45) is 0 Å². The Balaban J connectivity index is 1.55. The quantitative estimate of drug-likeness (QED) is 0.183. The Bertz CT molecular complexity index is 1610. The standard InChI is InChI=1S/C34H27ClN4O/c1-2-39-23-31(32-18-19-36-24-37-32)33(38-39)25-20-29(35)22-30(21-25)40-34(26-12-6-3-7-13-26,27-14-8-4-9-15-27)28-16-10-5-11-17-28/h3-24H,2H2,1H3. The molecule has 0 bridgehead atoms. The zero-order valence-corrected chi connectivity index (χ0v) is 22.7. The fourth-order valence-corrected chi connectivity index (χ4v) is 5.29. The van der Waals surface area contributed by atoms with E-state index >= 15 is 0 Å². The number of aromatic nitrogens is 4. The van der Waals surface area contributed by atoms with Gasteiger partial charge in [-0.1, -0.05) is 103 Å². The van der Waals surface area contributed by atoms with E-state index in [0.717, 1.165) is 45.7 Å². The number of ether oxygens (including phenoxy) is 1. The predicted octanol–water partition coefficient (Wildman–Crippen LogP) is 8.05. The molecule has 2 aromatic heterocycles. The zero-order valence-electron chi connectivity index (χ0n) is 22.0. The van der Waals surface area contributed by atoms with Crippen molar-refractivity contribution in [1.29, 1.82) is 0 Å². The van der Waals surface area contributed by atoms with Gasteiger partial charge in [-0.05, 0) is 31.2 Å². The van der Waals surface area contributed by atoms with Crippen LogP contribution in [0.2, 0.25) is 5.02 Å². The first-order chi connectivity index (χ1) is 19.7. The summed E-state index contributed by atoms with van der Waals surface area (Å²) in [6.07, 6.45) is 5.28. The predicted molar refractivity (Wildman–Crippen MR) is 159 cm³/mol. The lowest BCUT2D eigenvalue weighted by Crippen LogP contribution is -2.36. The van der Waals surface area contributed by atoms with Gasteiger partial charge < -0.3 is 4.74 Å². The fraction of sp³-hybridized carbons (Fsp3) is 0.0882. The molecule has 0 aliphatic heterocycles. The van der Waals surface area contributed by atoms with Gasteiger partial charge in [0.2, 0.25) is 0 Å². The molecule has 6 aromatic rings. The number of hydrogen-bond donors (Lipinski definition) is 0. The normalized spacial score (nSPS) is 11.3. The molecular weight excluding hydrogens is 516 g/mol. The average Bonchev–Trinajstić information content (AvgIpc) is 3.46. The largest absolute Gasteiger partial charge is 0.473 e. The van der Waals surface area contributed by atoms with Crippen LogP contribution in [-0.2, 0) is 12.1 Å². The third-order valence-electron chi connectivity index (χ3n) is 6.90. The third-order valence-corrected chi connectivity index (χ3v) is 7.12. The summed E-state index contributed by atoms with van der Waals surface area (Å²) < 4.78 is 9.04. The monoisotopic (exact) mass is 542 g/mol. The van der Waals surface area contributed by atoms with E-state index in [1.807, 2.05) is 89.7 Å². The lowest BCUT2D eigenvalue weighted by molar-refractivity contribution is 0.155. The molecule has 196 valence electrons. The minimum atomic E-state index is -0.927. The van der Waals surface area contributed by atoms with E-state index in [1.54, 1.807) is 12.5 Å². The second-order valence-corrected chi connectivity index (χ2v) is 9.84. The number of aryl methyl sites for hydroxylation is 1. The van der Waals surface area contributed by atoms with Crippen molar-refractivity contribution in [3.05, 3.63) is 156 Å². The fourth-order valence-electron chi connectivity index (χ4n) is 5.06. The molecule has 0 atom stereocenters. The molecule has 5 nitrogen and oxygen atoms in total. The molecule has 6 rings (SSSR count). The van der Waals surface area contributed by atoms with E-state index in [1.165, 1.54) is 0 Å². The summed E-state index contributed by atoms with van der Waals surface area (Å²) in [5.41, 5.74) is 5.40.